The number of benzene rings is 1. The van der Waals surface area contributed by atoms with Gasteiger partial charge in [-0.1, -0.05) is 30.3 Å². The number of thiazole rings is 1. The lowest BCUT2D eigenvalue weighted by Gasteiger charge is -2.07. The quantitative estimate of drug-likeness (QED) is 0.562. The van der Waals surface area contributed by atoms with Crippen molar-refractivity contribution < 1.29 is 9.59 Å². The molecule has 0 aliphatic rings. The van der Waals surface area contributed by atoms with Gasteiger partial charge in [-0.3, -0.25) is 9.59 Å². The largest absolute Gasteiger partial charge is 0.352 e. The maximum Gasteiger partial charge on any atom is 0.261 e. The van der Waals surface area contributed by atoms with Crippen molar-refractivity contribution in [3.05, 3.63) is 62.6 Å². The van der Waals surface area contributed by atoms with Gasteiger partial charge in [-0.2, -0.15) is 0 Å². The molecule has 0 saturated carbocycles. The number of nitrogens with zero attached hydrogens (tertiary/aromatic N) is 1. The Bertz CT molecular complexity index is 886. The van der Waals surface area contributed by atoms with E-state index in [4.69, 9.17) is 0 Å². The maximum atomic E-state index is 12.0. The summed E-state index contributed by atoms with van der Waals surface area (Å²) in [6.45, 7) is 2.98. The molecule has 27 heavy (non-hydrogen) atoms. The zero-order valence-electron chi connectivity index (χ0n) is 15.0. The number of carbonyl (C=O) groups is 2. The second-order valence-corrected chi connectivity index (χ2v) is 8.07. The Kier molecular flexibility index (Phi) is 6.73. The number of amides is 2. The van der Waals surface area contributed by atoms with Gasteiger partial charge in [0.15, 0.2) is 0 Å². The summed E-state index contributed by atoms with van der Waals surface area (Å²) in [6.07, 6.45) is 1.01. The van der Waals surface area contributed by atoms with Crippen molar-refractivity contribution >= 4 is 34.5 Å². The van der Waals surface area contributed by atoms with Crippen molar-refractivity contribution in [1.29, 1.82) is 0 Å². The van der Waals surface area contributed by atoms with Gasteiger partial charge < -0.3 is 10.6 Å². The van der Waals surface area contributed by atoms with E-state index >= 15 is 0 Å². The third kappa shape index (κ3) is 5.74. The van der Waals surface area contributed by atoms with E-state index in [0.717, 1.165) is 21.8 Å². The minimum Gasteiger partial charge on any atom is -0.352 e. The van der Waals surface area contributed by atoms with E-state index in [1.807, 2.05) is 48.0 Å². The lowest BCUT2D eigenvalue weighted by Crippen LogP contribution is -2.26. The fraction of sp³-hybridized carbons (Fsp3) is 0.250. The van der Waals surface area contributed by atoms with Crippen LogP contribution in [0.5, 0.6) is 0 Å². The molecule has 2 N–H and O–H groups in total. The summed E-state index contributed by atoms with van der Waals surface area (Å²) in [7, 11) is 0. The Hall–Kier alpha value is -2.51. The topological polar surface area (TPSA) is 71.1 Å². The average molecular weight is 400 g/mol. The molecule has 0 unspecified atom stereocenters. The van der Waals surface area contributed by atoms with Crippen LogP contribution in [0.15, 0.2) is 47.2 Å². The van der Waals surface area contributed by atoms with Crippen molar-refractivity contribution in [2.24, 2.45) is 0 Å². The summed E-state index contributed by atoms with van der Waals surface area (Å²) >= 11 is 3.04. The molecule has 0 aliphatic carbocycles. The minimum atomic E-state index is -0.0826. The van der Waals surface area contributed by atoms with E-state index in [1.54, 1.807) is 17.4 Å². The first-order chi connectivity index (χ1) is 13.1. The second kappa shape index (κ2) is 9.43. The van der Waals surface area contributed by atoms with Crippen LogP contribution in [0.25, 0.3) is 11.3 Å². The molecule has 1 aromatic carbocycles. The SMILES string of the molecule is Cc1nc(-c2ccc(CNC(=O)CCCNC(=O)c3cccs3)cc2)cs1. The number of aryl methyl sites for hydroxylation is 1. The Labute approximate surface area is 166 Å². The van der Waals surface area contributed by atoms with Crippen molar-refractivity contribution in [3.63, 3.8) is 0 Å². The first-order valence-electron chi connectivity index (χ1n) is 8.71. The first-order valence-corrected chi connectivity index (χ1v) is 10.5. The lowest BCUT2D eigenvalue weighted by molar-refractivity contribution is -0.121. The van der Waals surface area contributed by atoms with Crippen LogP contribution in [0.4, 0.5) is 0 Å². The number of nitrogens with one attached hydrogen (secondary N) is 2. The highest BCUT2D eigenvalue weighted by Gasteiger charge is 2.07. The molecular weight excluding hydrogens is 378 g/mol. The zero-order valence-corrected chi connectivity index (χ0v) is 16.7. The molecule has 0 aliphatic heterocycles. The number of hydrogen-bond donors (Lipinski definition) is 2. The molecule has 0 saturated heterocycles. The van der Waals surface area contributed by atoms with Gasteiger partial charge in [0.1, 0.15) is 0 Å². The smallest absolute Gasteiger partial charge is 0.261 e. The second-order valence-electron chi connectivity index (χ2n) is 6.06. The Balaban J connectivity index is 1.36. The summed E-state index contributed by atoms with van der Waals surface area (Å²) < 4.78 is 0. The van der Waals surface area contributed by atoms with Crippen LogP contribution in [-0.2, 0) is 11.3 Å². The standard InChI is InChI=1S/C20H21N3O2S2/c1-14-23-17(13-27-14)16-8-6-15(7-9-16)12-22-19(24)5-2-10-21-20(25)18-4-3-11-26-18/h3-4,6-9,11,13H,2,5,10,12H2,1H3,(H,21,25)(H,22,24). The van der Waals surface area contributed by atoms with Gasteiger partial charge in [0.25, 0.3) is 5.91 Å². The average Bonchev–Trinajstić information content (AvgIpc) is 3.36. The van der Waals surface area contributed by atoms with E-state index in [2.05, 4.69) is 15.6 Å². The summed E-state index contributed by atoms with van der Waals surface area (Å²) in [5, 5.41) is 10.7. The van der Waals surface area contributed by atoms with Crippen LogP contribution < -0.4 is 10.6 Å². The fourth-order valence-corrected chi connectivity index (χ4v) is 3.79. The number of thiophene rings is 1. The molecule has 7 heteroatoms. The third-order valence-corrected chi connectivity index (χ3v) is 5.61. The minimum absolute atomic E-state index is 0.0143. The van der Waals surface area contributed by atoms with Crippen molar-refractivity contribution in [2.75, 3.05) is 6.54 Å². The van der Waals surface area contributed by atoms with Gasteiger partial charge >= 0.3 is 0 Å². The molecule has 140 valence electrons. The van der Waals surface area contributed by atoms with Gasteiger partial charge in [-0.15, -0.1) is 22.7 Å². The van der Waals surface area contributed by atoms with E-state index in [9.17, 15) is 9.59 Å². The highest BCUT2D eigenvalue weighted by atomic mass is 32.1. The van der Waals surface area contributed by atoms with E-state index in [0.29, 0.717) is 30.8 Å². The van der Waals surface area contributed by atoms with Crippen molar-refractivity contribution in [3.8, 4) is 11.3 Å². The van der Waals surface area contributed by atoms with Gasteiger partial charge in [0.2, 0.25) is 5.91 Å². The molecule has 0 atom stereocenters. The maximum absolute atomic E-state index is 12.0. The predicted molar refractivity (Wildman–Crippen MR) is 110 cm³/mol. The van der Waals surface area contributed by atoms with Gasteiger partial charge in [0, 0.05) is 30.5 Å². The molecule has 0 bridgehead atoms. The van der Waals surface area contributed by atoms with E-state index < -0.39 is 0 Å². The van der Waals surface area contributed by atoms with Gasteiger partial charge in [-0.25, -0.2) is 4.98 Å². The van der Waals surface area contributed by atoms with Crippen LogP contribution in [-0.4, -0.2) is 23.3 Å². The van der Waals surface area contributed by atoms with Crippen LogP contribution >= 0.6 is 22.7 Å². The molecule has 0 fully saturated rings. The highest BCUT2D eigenvalue weighted by molar-refractivity contribution is 7.12. The molecular formula is C20H21N3O2S2. The Morgan fingerprint density at radius 3 is 2.56 bits per heavy atom. The molecule has 2 aromatic heterocycles. The lowest BCUT2D eigenvalue weighted by atomic mass is 10.1. The Morgan fingerprint density at radius 2 is 1.89 bits per heavy atom. The zero-order chi connectivity index (χ0) is 19.1. The van der Waals surface area contributed by atoms with Crippen LogP contribution in [0.3, 0.4) is 0 Å². The van der Waals surface area contributed by atoms with Crippen molar-refractivity contribution in [1.82, 2.24) is 15.6 Å². The molecule has 2 heterocycles. The number of aromatic nitrogens is 1. The summed E-state index contributed by atoms with van der Waals surface area (Å²) in [6, 6.07) is 11.7. The fourth-order valence-electron chi connectivity index (χ4n) is 2.52. The molecule has 2 amide bonds. The van der Waals surface area contributed by atoms with Gasteiger partial charge in [-0.05, 0) is 30.4 Å². The van der Waals surface area contributed by atoms with Gasteiger partial charge in [0.05, 0.1) is 15.6 Å². The summed E-state index contributed by atoms with van der Waals surface area (Å²) in [4.78, 5) is 28.9. The predicted octanol–water partition coefficient (Wildman–Crippen LogP) is 4.01. The molecule has 3 aromatic rings. The van der Waals surface area contributed by atoms with Crippen LogP contribution in [0, 0.1) is 6.92 Å². The van der Waals surface area contributed by atoms with Crippen molar-refractivity contribution in [2.45, 2.75) is 26.3 Å². The number of rotatable bonds is 8. The normalized spacial score (nSPS) is 10.6. The molecule has 5 nitrogen and oxygen atoms in total. The third-order valence-electron chi connectivity index (χ3n) is 3.97. The van der Waals surface area contributed by atoms with Crippen LogP contribution in [0.1, 0.15) is 33.1 Å². The molecule has 0 spiro atoms. The number of carbonyl (C=O) groups excluding carboxylic acids is 2. The van der Waals surface area contributed by atoms with E-state index in [1.165, 1.54) is 11.3 Å². The summed E-state index contributed by atoms with van der Waals surface area (Å²) in [5.41, 5.74) is 3.11. The highest BCUT2D eigenvalue weighted by Crippen LogP contribution is 2.21. The molecule has 0 radical (unpaired) electrons. The first kappa shape index (κ1) is 19.3. The monoisotopic (exact) mass is 399 g/mol. The molecule has 3 rings (SSSR count). The van der Waals surface area contributed by atoms with E-state index in [-0.39, 0.29) is 11.8 Å². The summed E-state index contributed by atoms with van der Waals surface area (Å²) in [5.74, 6) is -0.0969. The number of hydrogen-bond acceptors (Lipinski definition) is 5. The van der Waals surface area contributed by atoms with Crippen LogP contribution in [0.2, 0.25) is 0 Å². The Morgan fingerprint density at radius 1 is 1.07 bits per heavy atom.